The minimum Gasteiger partial charge on any atom is -0.394 e. The number of ether oxygens (including phenoxy) is 1. The van der Waals surface area contributed by atoms with Crippen LogP contribution in [0.3, 0.4) is 0 Å². The molecule has 2 rings (SSSR count). The fraction of sp³-hybridized carbons (Fsp3) is 0.538. The van der Waals surface area contributed by atoms with E-state index in [9.17, 15) is 5.11 Å². The molecule has 3 nitrogen and oxygen atoms in total. The first-order chi connectivity index (χ1) is 8.24. The number of nitrogens with one attached hydrogen (secondary N) is 1. The Morgan fingerprint density at radius 2 is 2.00 bits per heavy atom. The second kappa shape index (κ2) is 5.71. The minimum atomic E-state index is -0.260. The maximum atomic E-state index is 9.64. The van der Waals surface area contributed by atoms with Crippen molar-refractivity contribution in [3.8, 4) is 0 Å². The summed E-state index contributed by atoms with van der Waals surface area (Å²) in [6.45, 7) is 1.60. The Morgan fingerprint density at radius 1 is 1.24 bits per heavy atom. The average molecular weight is 256 g/mol. The highest BCUT2D eigenvalue weighted by Crippen LogP contribution is 2.26. The summed E-state index contributed by atoms with van der Waals surface area (Å²) < 4.78 is 5.44. The Bertz CT molecular complexity index is 345. The summed E-state index contributed by atoms with van der Waals surface area (Å²) in [5, 5.41) is 13.8. The lowest BCUT2D eigenvalue weighted by atomic mass is 9.91. The molecule has 0 aliphatic carbocycles. The van der Waals surface area contributed by atoms with Crippen LogP contribution >= 0.6 is 11.6 Å². The zero-order chi connectivity index (χ0) is 12.1. The van der Waals surface area contributed by atoms with E-state index < -0.39 is 0 Å². The molecule has 0 saturated carbocycles. The van der Waals surface area contributed by atoms with Crippen molar-refractivity contribution in [3.63, 3.8) is 0 Å². The van der Waals surface area contributed by atoms with E-state index in [4.69, 9.17) is 16.3 Å². The van der Waals surface area contributed by atoms with E-state index in [1.165, 1.54) is 0 Å². The second-order valence-electron chi connectivity index (χ2n) is 4.54. The Hall–Kier alpha value is -0.770. The number of aliphatic hydroxyl groups is 1. The molecule has 94 valence electrons. The van der Waals surface area contributed by atoms with Crippen molar-refractivity contribution in [2.75, 3.05) is 25.1 Å². The summed E-state index contributed by atoms with van der Waals surface area (Å²) in [6.07, 6.45) is 2.72. The van der Waals surface area contributed by atoms with E-state index in [-0.39, 0.29) is 12.1 Å². The number of rotatable bonds is 3. The first-order valence-corrected chi connectivity index (χ1v) is 6.34. The van der Waals surface area contributed by atoms with Crippen LogP contribution in [0.25, 0.3) is 0 Å². The summed E-state index contributed by atoms with van der Waals surface area (Å²) >= 11 is 5.85. The molecule has 0 amide bonds. The fourth-order valence-electron chi connectivity index (χ4n) is 2.17. The van der Waals surface area contributed by atoms with Crippen molar-refractivity contribution in [2.45, 2.75) is 24.8 Å². The zero-order valence-electron chi connectivity index (χ0n) is 9.79. The van der Waals surface area contributed by atoms with Crippen molar-refractivity contribution < 1.29 is 9.84 Å². The topological polar surface area (TPSA) is 41.5 Å². The van der Waals surface area contributed by atoms with Crippen LogP contribution < -0.4 is 5.32 Å². The highest BCUT2D eigenvalue weighted by atomic mass is 35.5. The number of hydrogen-bond donors (Lipinski definition) is 2. The largest absolute Gasteiger partial charge is 0.394 e. The Labute approximate surface area is 107 Å². The fourth-order valence-corrected chi connectivity index (χ4v) is 2.30. The van der Waals surface area contributed by atoms with Gasteiger partial charge in [-0.25, -0.2) is 0 Å². The smallest absolute Gasteiger partial charge is 0.0662 e. The highest BCUT2D eigenvalue weighted by Gasteiger charge is 2.30. The van der Waals surface area contributed by atoms with Crippen LogP contribution in [0.15, 0.2) is 24.3 Å². The lowest BCUT2D eigenvalue weighted by Gasteiger charge is -2.32. The van der Waals surface area contributed by atoms with Crippen molar-refractivity contribution in [2.24, 2.45) is 0 Å². The quantitative estimate of drug-likeness (QED) is 0.873. The molecule has 0 spiro atoms. The maximum absolute atomic E-state index is 9.64. The van der Waals surface area contributed by atoms with Crippen LogP contribution in [0.4, 0.5) is 5.69 Å². The first-order valence-electron chi connectivity index (χ1n) is 5.96. The third-order valence-electron chi connectivity index (χ3n) is 3.23. The minimum absolute atomic E-state index is 0.124. The van der Waals surface area contributed by atoms with Gasteiger partial charge in [-0.15, -0.1) is 0 Å². The van der Waals surface area contributed by atoms with Gasteiger partial charge >= 0.3 is 0 Å². The van der Waals surface area contributed by atoms with Gasteiger partial charge in [-0.1, -0.05) is 11.6 Å². The van der Waals surface area contributed by atoms with E-state index in [0.717, 1.165) is 36.6 Å². The van der Waals surface area contributed by atoms with E-state index in [1.807, 2.05) is 24.3 Å². The van der Waals surface area contributed by atoms with Gasteiger partial charge in [0.2, 0.25) is 0 Å². The van der Waals surface area contributed by atoms with E-state index in [2.05, 4.69) is 5.32 Å². The summed E-state index contributed by atoms with van der Waals surface area (Å²) in [5.74, 6) is 0. The van der Waals surface area contributed by atoms with Crippen LogP contribution in [-0.4, -0.2) is 30.5 Å². The number of benzene rings is 1. The predicted octanol–water partition coefficient (Wildman–Crippen LogP) is 2.68. The molecule has 1 atom stereocenters. The van der Waals surface area contributed by atoms with Crippen LogP contribution in [0.1, 0.15) is 19.3 Å². The standard InChI is InChI=1S/C13H18ClNO2/c14-11-2-4-12(5-3-11)15-13(10-16)6-1-8-17-9-7-13/h2-5,15-16H,1,6-10H2. The molecule has 2 N–H and O–H groups in total. The van der Waals surface area contributed by atoms with Gasteiger partial charge in [0.05, 0.1) is 12.1 Å². The number of hydrogen-bond acceptors (Lipinski definition) is 3. The maximum Gasteiger partial charge on any atom is 0.0662 e. The molecule has 0 bridgehead atoms. The zero-order valence-corrected chi connectivity index (χ0v) is 10.5. The lowest BCUT2D eigenvalue weighted by molar-refractivity contribution is 0.132. The lowest BCUT2D eigenvalue weighted by Crippen LogP contribution is -2.42. The summed E-state index contributed by atoms with van der Waals surface area (Å²) in [4.78, 5) is 0. The highest BCUT2D eigenvalue weighted by molar-refractivity contribution is 6.30. The number of halogens is 1. The van der Waals surface area contributed by atoms with Crippen molar-refractivity contribution in [1.29, 1.82) is 0 Å². The van der Waals surface area contributed by atoms with E-state index in [0.29, 0.717) is 6.61 Å². The summed E-state index contributed by atoms with van der Waals surface area (Å²) in [5.41, 5.74) is 0.731. The van der Waals surface area contributed by atoms with Crippen LogP contribution in [0, 0.1) is 0 Å². The molecule has 1 unspecified atom stereocenters. The van der Waals surface area contributed by atoms with Gasteiger partial charge in [0.15, 0.2) is 0 Å². The predicted molar refractivity (Wildman–Crippen MR) is 69.6 cm³/mol. The molecular formula is C13H18ClNO2. The SMILES string of the molecule is OCC1(Nc2ccc(Cl)cc2)CCCOCC1. The van der Waals surface area contributed by atoms with Gasteiger partial charge < -0.3 is 15.2 Å². The van der Waals surface area contributed by atoms with E-state index in [1.54, 1.807) is 0 Å². The number of aliphatic hydroxyl groups excluding tert-OH is 1. The van der Waals surface area contributed by atoms with Crippen LogP contribution in [0.2, 0.25) is 5.02 Å². The van der Waals surface area contributed by atoms with Gasteiger partial charge in [-0.2, -0.15) is 0 Å². The molecule has 1 aromatic carbocycles. The van der Waals surface area contributed by atoms with Crippen LogP contribution in [-0.2, 0) is 4.74 Å². The third-order valence-corrected chi connectivity index (χ3v) is 3.48. The molecule has 1 aliphatic heterocycles. The van der Waals surface area contributed by atoms with Crippen molar-refractivity contribution >= 4 is 17.3 Å². The third kappa shape index (κ3) is 3.35. The van der Waals surface area contributed by atoms with Crippen LogP contribution in [0.5, 0.6) is 0 Å². The molecule has 17 heavy (non-hydrogen) atoms. The van der Waals surface area contributed by atoms with Crippen molar-refractivity contribution in [1.82, 2.24) is 0 Å². The normalized spacial score (nSPS) is 25.3. The second-order valence-corrected chi connectivity index (χ2v) is 4.97. The molecule has 0 radical (unpaired) electrons. The molecule has 1 aromatic rings. The summed E-state index contributed by atoms with van der Waals surface area (Å²) in [7, 11) is 0. The Morgan fingerprint density at radius 3 is 2.71 bits per heavy atom. The molecule has 1 heterocycles. The first kappa shape index (κ1) is 12.7. The molecule has 1 aliphatic rings. The van der Waals surface area contributed by atoms with Crippen molar-refractivity contribution in [3.05, 3.63) is 29.3 Å². The van der Waals surface area contributed by atoms with Gasteiger partial charge in [0, 0.05) is 23.9 Å². The van der Waals surface area contributed by atoms with Gasteiger partial charge in [-0.3, -0.25) is 0 Å². The number of anilines is 1. The van der Waals surface area contributed by atoms with Gasteiger partial charge in [0.1, 0.15) is 0 Å². The monoisotopic (exact) mass is 255 g/mol. The van der Waals surface area contributed by atoms with Gasteiger partial charge in [-0.05, 0) is 43.5 Å². The molecule has 4 heteroatoms. The Kier molecular flexibility index (Phi) is 4.26. The molecular weight excluding hydrogens is 238 g/mol. The Balaban J connectivity index is 2.09. The molecule has 1 fully saturated rings. The summed E-state index contributed by atoms with van der Waals surface area (Å²) in [6, 6.07) is 7.57. The molecule has 1 saturated heterocycles. The van der Waals surface area contributed by atoms with Gasteiger partial charge in [0.25, 0.3) is 0 Å². The average Bonchev–Trinajstić information content (AvgIpc) is 2.58. The molecule has 0 aromatic heterocycles. The van der Waals surface area contributed by atoms with E-state index >= 15 is 0 Å².